The third kappa shape index (κ3) is 9.71. The van der Waals surface area contributed by atoms with Crippen molar-refractivity contribution in [3.63, 3.8) is 0 Å². The molecule has 2 aromatic carbocycles. The summed E-state index contributed by atoms with van der Waals surface area (Å²) in [5.74, 6) is 0.0693. The molecule has 2 N–H and O–H groups in total. The summed E-state index contributed by atoms with van der Waals surface area (Å²) < 4.78 is 5.54. The lowest BCUT2D eigenvalue weighted by molar-refractivity contribution is -0.109. The number of hydrogen-bond donors (Lipinski definition) is 2. The van der Waals surface area contributed by atoms with Crippen LogP contribution in [0.5, 0.6) is 0 Å². The first kappa shape index (κ1) is 29.4. The van der Waals surface area contributed by atoms with Crippen LogP contribution in [0.1, 0.15) is 40.9 Å². The Morgan fingerprint density at radius 3 is 2.50 bits per heavy atom. The fourth-order valence-electron chi connectivity index (χ4n) is 3.23. The van der Waals surface area contributed by atoms with E-state index >= 15 is 0 Å². The minimum absolute atomic E-state index is 0.0693. The molecule has 0 saturated heterocycles. The van der Waals surface area contributed by atoms with Gasteiger partial charge in [0.05, 0.1) is 13.2 Å². The van der Waals surface area contributed by atoms with Gasteiger partial charge in [0.25, 0.3) is 5.91 Å². The van der Waals surface area contributed by atoms with Crippen molar-refractivity contribution >= 4 is 29.6 Å². The van der Waals surface area contributed by atoms with Crippen LogP contribution < -0.4 is 10.6 Å². The van der Waals surface area contributed by atoms with Crippen molar-refractivity contribution in [2.75, 3.05) is 53.3 Å². The van der Waals surface area contributed by atoms with E-state index in [0.717, 1.165) is 52.5 Å². The first-order valence-corrected chi connectivity index (χ1v) is 12.0. The zero-order valence-corrected chi connectivity index (χ0v) is 22.0. The van der Waals surface area contributed by atoms with Gasteiger partial charge in [0, 0.05) is 50.0 Å². The van der Waals surface area contributed by atoms with Crippen LogP contribution in [0.2, 0.25) is 5.02 Å². The maximum absolute atomic E-state index is 11.6. The molecular weight excluding hydrogens is 452 g/mol. The van der Waals surface area contributed by atoms with E-state index in [1.807, 2.05) is 71.4 Å². The van der Waals surface area contributed by atoms with Crippen molar-refractivity contribution in [2.24, 2.45) is 0 Å². The monoisotopic (exact) mass is 490 g/mol. The average molecular weight is 491 g/mol. The molecule has 0 atom stereocenters. The molecule has 188 valence electrons. The first-order valence-electron chi connectivity index (χ1n) is 11.6. The normalized spacial score (nSPS) is 11.8. The highest BCUT2D eigenvalue weighted by Gasteiger charge is 2.23. The Morgan fingerprint density at radius 1 is 1.15 bits per heavy atom. The van der Waals surface area contributed by atoms with Crippen molar-refractivity contribution in [1.82, 2.24) is 15.1 Å². The van der Waals surface area contributed by atoms with E-state index in [1.54, 1.807) is 11.9 Å². The average Bonchev–Trinajstić information content (AvgIpc) is 3.12. The summed E-state index contributed by atoms with van der Waals surface area (Å²) in [7, 11) is 7.74. The van der Waals surface area contributed by atoms with Crippen molar-refractivity contribution in [3.8, 4) is 0 Å². The van der Waals surface area contributed by atoms with Gasteiger partial charge in [-0.3, -0.25) is 9.59 Å². The van der Waals surface area contributed by atoms with E-state index in [4.69, 9.17) is 16.3 Å². The van der Waals surface area contributed by atoms with Crippen molar-refractivity contribution in [1.29, 1.82) is 0 Å². The van der Waals surface area contributed by atoms with Gasteiger partial charge in [0.1, 0.15) is 0 Å². The second-order valence-corrected chi connectivity index (χ2v) is 8.28. The number of fused-ring (bicyclic) bond motifs is 1. The minimum Gasteiger partial charge on any atom is -0.388 e. The van der Waals surface area contributed by atoms with E-state index < -0.39 is 0 Å². The van der Waals surface area contributed by atoms with Crippen LogP contribution in [0.4, 0.5) is 5.69 Å². The van der Waals surface area contributed by atoms with Crippen LogP contribution in [0.25, 0.3) is 0 Å². The number of halogens is 1. The lowest BCUT2D eigenvalue weighted by Gasteiger charge is -2.10. The molecule has 0 fully saturated rings. The van der Waals surface area contributed by atoms with Gasteiger partial charge < -0.3 is 25.2 Å². The van der Waals surface area contributed by atoms with Crippen LogP contribution >= 0.6 is 11.6 Å². The quantitative estimate of drug-likeness (QED) is 0.388. The highest BCUT2D eigenvalue weighted by atomic mass is 35.5. The molecule has 34 heavy (non-hydrogen) atoms. The number of benzene rings is 2. The van der Waals surface area contributed by atoms with Gasteiger partial charge in [-0.05, 0) is 55.4 Å². The van der Waals surface area contributed by atoms with Gasteiger partial charge >= 0.3 is 0 Å². The Kier molecular flexibility index (Phi) is 13.9. The van der Waals surface area contributed by atoms with E-state index in [0.29, 0.717) is 26.1 Å². The molecule has 2 aromatic rings. The van der Waals surface area contributed by atoms with Gasteiger partial charge in [0.2, 0.25) is 6.41 Å². The fourth-order valence-corrected chi connectivity index (χ4v) is 3.50. The van der Waals surface area contributed by atoms with Crippen LogP contribution in [0, 0.1) is 0 Å². The molecule has 1 aliphatic rings. The zero-order chi connectivity index (χ0) is 25.5. The number of hydrogen-bond acceptors (Lipinski definition) is 5. The number of carbonyl (C=O) groups excluding carboxylic acids is 2. The number of amides is 2. The molecule has 0 aromatic heterocycles. The predicted molar refractivity (Wildman–Crippen MR) is 141 cm³/mol. The van der Waals surface area contributed by atoms with Crippen LogP contribution in [-0.2, 0) is 29.0 Å². The number of likely N-dealkylation sites (N-methyl/N-ethyl adjacent to an activating group) is 1. The number of nitrogens with zero attached hydrogens (tertiary/aromatic N) is 2. The van der Waals surface area contributed by atoms with Gasteiger partial charge in [0.15, 0.2) is 0 Å². The smallest absolute Gasteiger partial charge is 0.254 e. The summed E-state index contributed by atoms with van der Waals surface area (Å²) in [6, 6.07) is 11.7. The molecule has 1 aliphatic heterocycles. The number of rotatable bonds is 10. The van der Waals surface area contributed by atoms with Crippen molar-refractivity contribution < 1.29 is 14.3 Å². The van der Waals surface area contributed by atoms with E-state index in [-0.39, 0.29) is 5.91 Å². The summed E-state index contributed by atoms with van der Waals surface area (Å²) in [6.07, 6.45) is 1.53. The molecule has 0 unspecified atom stereocenters. The first-order chi connectivity index (χ1) is 16.3. The molecule has 7 nitrogen and oxygen atoms in total. The Morgan fingerprint density at radius 2 is 1.88 bits per heavy atom. The lowest BCUT2D eigenvalue weighted by atomic mass is 10.1. The summed E-state index contributed by atoms with van der Waals surface area (Å²) in [6.45, 7) is 7.59. The topological polar surface area (TPSA) is 73.9 Å². The Balaban J connectivity index is 0.000000318. The molecule has 0 aliphatic carbocycles. The maximum Gasteiger partial charge on any atom is 0.254 e. The highest BCUT2D eigenvalue weighted by molar-refractivity contribution is 6.31. The summed E-state index contributed by atoms with van der Waals surface area (Å²) in [5.41, 5.74) is 4.99. The standard InChI is InChI=1S/C13H21ClN2O.C11H12N2O2.C2H6/c1-15-12-5-4-11(13(14)10-12)6-8-17-9-7-16(2)3;1-13-6-9-4-8(5-12-7-14)2-3-10(9)11(13)15;1-2/h4-5,10,15H,6-9H2,1-3H3;2-4,7H,5-6H2,1H3,(H,12,14);1-2H3. The van der Waals surface area contributed by atoms with Crippen LogP contribution in [-0.4, -0.2) is 70.1 Å². The van der Waals surface area contributed by atoms with Gasteiger partial charge in [-0.2, -0.15) is 0 Å². The number of nitrogens with one attached hydrogen (secondary N) is 2. The lowest BCUT2D eigenvalue weighted by Crippen LogP contribution is -2.18. The van der Waals surface area contributed by atoms with Crippen molar-refractivity contribution in [3.05, 3.63) is 63.7 Å². The Hall–Kier alpha value is -2.61. The molecule has 3 rings (SSSR count). The fraction of sp³-hybridized carbons (Fsp3) is 0.462. The SMILES string of the molecule is CC.CN1Cc2cc(CNC=O)ccc2C1=O.CNc1ccc(CCOCCN(C)C)c(Cl)c1. The van der Waals surface area contributed by atoms with Gasteiger partial charge in [-0.25, -0.2) is 0 Å². The Labute approximate surface area is 209 Å². The molecule has 8 heteroatoms. The maximum atomic E-state index is 11.6. The molecule has 0 saturated carbocycles. The van der Waals surface area contributed by atoms with Crippen LogP contribution in [0.3, 0.4) is 0 Å². The third-order valence-electron chi connectivity index (χ3n) is 5.08. The van der Waals surface area contributed by atoms with Crippen LogP contribution in [0.15, 0.2) is 36.4 Å². The molecule has 0 bridgehead atoms. The minimum atomic E-state index is 0.0693. The number of carbonyl (C=O) groups is 2. The van der Waals surface area contributed by atoms with Gasteiger partial charge in [-0.15, -0.1) is 0 Å². The molecule has 1 heterocycles. The summed E-state index contributed by atoms with van der Waals surface area (Å²) in [5, 5.41) is 6.46. The van der Waals surface area contributed by atoms with Gasteiger partial charge in [-0.1, -0.05) is 43.6 Å². The predicted octanol–water partition coefficient (Wildman–Crippen LogP) is 4.05. The highest BCUT2D eigenvalue weighted by Crippen LogP contribution is 2.22. The molecule has 0 radical (unpaired) electrons. The largest absolute Gasteiger partial charge is 0.388 e. The number of ether oxygens (including phenoxy) is 1. The molecular formula is C26H39ClN4O3. The van der Waals surface area contributed by atoms with Crippen molar-refractivity contribution in [2.45, 2.75) is 33.4 Å². The summed E-state index contributed by atoms with van der Waals surface area (Å²) >= 11 is 6.17. The summed E-state index contributed by atoms with van der Waals surface area (Å²) in [4.78, 5) is 25.5. The number of anilines is 1. The molecule has 0 spiro atoms. The van der Waals surface area contributed by atoms with E-state index in [2.05, 4.69) is 15.5 Å². The Bertz CT molecular complexity index is 906. The van der Waals surface area contributed by atoms with E-state index in [9.17, 15) is 9.59 Å². The second-order valence-electron chi connectivity index (χ2n) is 7.87. The second kappa shape index (κ2) is 16.1. The van der Waals surface area contributed by atoms with E-state index in [1.165, 1.54) is 0 Å². The third-order valence-corrected chi connectivity index (χ3v) is 5.44. The molecule has 2 amide bonds. The zero-order valence-electron chi connectivity index (χ0n) is 21.3.